The Morgan fingerprint density at radius 1 is 1.29 bits per heavy atom. The van der Waals surface area contributed by atoms with Gasteiger partial charge in [-0.25, -0.2) is 27.5 Å². The largest absolute Gasteiger partial charge is 0.368 e. The Labute approximate surface area is 122 Å². The molecule has 0 amide bonds. The van der Waals surface area contributed by atoms with Crippen molar-refractivity contribution in [1.82, 2.24) is 14.7 Å². The third kappa shape index (κ3) is 3.53. The van der Waals surface area contributed by atoms with Gasteiger partial charge >= 0.3 is 0 Å². The molecule has 8 heteroatoms. The summed E-state index contributed by atoms with van der Waals surface area (Å²) in [6.07, 6.45) is 2.24. The summed E-state index contributed by atoms with van der Waals surface area (Å²) in [5.41, 5.74) is 6.34. The van der Waals surface area contributed by atoms with E-state index in [0.29, 0.717) is 11.1 Å². The predicted octanol–water partition coefficient (Wildman–Crippen LogP) is 1.55. The first-order valence-corrected chi connectivity index (χ1v) is 7.64. The van der Waals surface area contributed by atoms with E-state index in [-0.39, 0.29) is 16.7 Å². The van der Waals surface area contributed by atoms with E-state index < -0.39 is 16.1 Å². The zero-order chi connectivity index (χ0) is 15.6. The smallest absolute Gasteiger partial charge is 0.244 e. The number of hydrogen-bond donors (Lipinski definition) is 2. The van der Waals surface area contributed by atoms with E-state index in [1.54, 1.807) is 26.0 Å². The van der Waals surface area contributed by atoms with Gasteiger partial charge in [0.15, 0.2) is 0 Å². The lowest BCUT2D eigenvalue weighted by atomic mass is 10.1. The van der Waals surface area contributed by atoms with Gasteiger partial charge in [-0.2, -0.15) is 0 Å². The van der Waals surface area contributed by atoms with Crippen molar-refractivity contribution in [2.75, 3.05) is 5.73 Å². The molecule has 0 aliphatic carbocycles. The van der Waals surface area contributed by atoms with E-state index in [2.05, 4.69) is 14.7 Å². The first-order chi connectivity index (χ1) is 9.79. The number of aromatic nitrogens is 2. The van der Waals surface area contributed by atoms with Gasteiger partial charge in [0, 0.05) is 6.04 Å². The average Bonchev–Trinajstić information content (AvgIpc) is 2.41. The Morgan fingerprint density at radius 2 is 1.90 bits per heavy atom. The second-order valence-corrected chi connectivity index (χ2v) is 6.34. The van der Waals surface area contributed by atoms with Crippen molar-refractivity contribution in [2.45, 2.75) is 24.8 Å². The van der Waals surface area contributed by atoms with E-state index in [1.165, 1.54) is 6.07 Å². The molecule has 112 valence electrons. The second-order valence-electron chi connectivity index (χ2n) is 4.63. The van der Waals surface area contributed by atoms with Crippen LogP contribution < -0.4 is 10.5 Å². The van der Waals surface area contributed by atoms with Crippen LogP contribution >= 0.6 is 0 Å². The zero-order valence-electron chi connectivity index (χ0n) is 11.5. The van der Waals surface area contributed by atoms with Gasteiger partial charge in [-0.15, -0.1) is 0 Å². The minimum absolute atomic E-state index is 0.0115. The van der Waals surface area contributed by atoms with Crippen molar-refractivity contribution in [2.24, 2.45) is 0 Å². The van der Waals surface area contributed by atoms with E-state index in [9.17, 15) is 12.8 Å². The molecule has 0 saturated heterocycles. The molecule has 0 spiro atoms. The Bertz CT molecular complexity index is 747. The molecule has 1 heterocycles. The standard InChI is InChI=1S/C13H15FN4O2S/c1-8-3-4-10(5-12(8)14)9(2)18-21(19,20)11-6-16-13(15)17-7-11/h3-7,9,18H,1-2H3,(H2,15,16,17). The number of hydrogen-bond acceptors (Lipinski definition) is 5. The number of anilines is 1. The van der Waals surface area contributed by atoms with Gasteiger partial charge < -0.3 is 5.73 Å². The lowest BCUT2D eigenvalue weighted by molar-refractivity contribution is 0.563. The molecule has 21 heavy (non-hydrogen) atoms. The maximum absolute atomic E-state index is 13.5. The first-order valence-electron chi connectivity index (χ1n) is 6.15. The molecule has 1 aromatic heterocycles. The maximum Gasteiger partial charge on any atom is 0.244 e. The molecule has 2 aromatic rings. The van der Waals surface area contributed by atoms with Crippen molar-refractivity contribution in [3.63, 3.8) is 0 Å². The fraction of sp³-hybridized carbons (Fsp3) is 0.231. The number of sulfonamides is 1. The molecular weight excluding hydrogens is 295 g/mol. The summed E-state index contributed by atoms with van der Waals surface area (Å²) in [5, 5.41) is 0. The normalized spacial score (nSPS) is 13.1. The van der Waals surface area contributed by atoms with Crippen LogP contribution in [-0.4, -0.2) is 18.4 Å². The number of nitrogens with one attached hydrogen (secondary N) is 1. The molecule has 0 radical (unpaired) electrons. The van der Waals surface area contributed by atoms with Crippen molar-refractivity contribution >= 4 is 16.0 Å². The summed E-state index contributed by atoms with van der Waals surface area (Å²) in [6.45, 7) is 3.26. The maximum atomic E-state index is 13.5. The van der Waals surface area contributed by atoms with Gasteiger partial charge in [-0.1, -0.05) is 12.1 Å². The van der Waals surface area contributed by atoms with Crippen LogP contribution in [-0.2, 0) is 10.0 Å². The van der Waals surface area contributed by atoms with E-state index in [0.717, 1.165) is 12.4 Å². The molecule has 0 bridgehead atoms. The summed E-state index contributed by atoms with van der Waals surface area (Å²) in [7, 11) is -3.80. The number of aryl methyl sites for hydroxylation is 1. The molecule has 0 aliphatic rings. The number of nitrogen functional groups attached to an aromatic ring is 1. The SMILES string of the molecule is Cc1ccc(C(C)NS(=O)(=O)c2cnc(N)nc2)cc1F. The fourth-order valence-electron chi connectivity index (χ4n) is 1.71. The van der Waals surface area contributed by atoms with Crippen LogP contribution in [0.15, 0.2) is 35.5 Å². The van der Waals surface area contributed by atoms with Crippen LogP contribution in [0.4, 0.5) is 10.3 Å². The highest BCUT2D eigenvalue weighted by Gasteiger charge is 2.19. The van der Waals surface area contributed by atoms with Crippen molar-refractivity contribution in [1.29, 1.82) is 0 Å². The van der Waals surface area contributed by atoms with E-state index in [1.807, 2.05) is 0 Å². The number of benzene rings is 1. The Hall–Kier alpha value is -2.06. The fourth-order valence-corrected chi connectivity index (χ4v) is 2.83. The quantitative estimate of drug-likeness (QED) is 0.892. The average molecular weight is 310 g/mol. The topological polar surface area (TPSA) is 98.0 Å². The zero-order valence-corrected chi connectivity index (χ0v) is 12.4. The number of nitrogens with zero attached hydrogens (tertiary/aromatic N) is 2. The Balaban J connectivity index is 2.23. The van der Waals surface area contributed by atoms with Crippen LogP contribution in [0, 0.1) is 12.7 Å². The highest BCUT2D eigenvalue weighted by molar-refractivity contribution is 7.89. The minimum atomic E-state index is -3.80. The molecular formula is C13H15FN4O2S. The third-order valence-electron chi connectivity index (χ3n) is 2.99. The molecule has 3 N–H and O–H groups in total. The third-order valence-corrected chi connectivity index (χ3v) is 4.48. The molecule has 6 nitrogen and oxygen atoms in total. The first kappa shape index (κ1) is 15.3. The highest BCUT2D eigenvalue weighted by atomic mass is 32.2. The van der Waals surface area contributed by atoms with Gasteiger partial charge in [-0.05, 0) is 31.0 Å². The summed E-state index contributed by atoms with van der Waals surface area (Å²) in [4.78, 5) is 7.18. The summed E-state index contributed by atoms with van der Waals surface area (Å²) >= 11 is 0. The van der Waals surface area contributed by atoms with Gasteiger partial charge in [0.25, 0.3) is 0 Å². The molecule has 1 unspecified atom stereocenters. The van der Waals surface area contributed by atoms with Crippen LogP contribution in [0.5, 0.6) is 0 Å². The van der Waals surface area contributed by atoms with Gasteiger partial charge in [0.1, 0.15) is 10.7 Å². The second kappa shape index (κ2) is 5.74. The van der Waals surface area contributed by atoms with Crippen molar-refractivity contribution in [3.8, 4) is 0 Å². The van der Waals surface area contributed by atoms with Crippen molar-refractivity contribution < 1.29 is 12.8 Å². The molecule has 1 aromatic carbocycles. The van der Waals surface area contributed by atoms with E-state index >= 15 is 0 Å². The van der Waals surface area contributed by atoms with Crippen molar-refractivity contribution in [3.05, 3.63) is 47.5 Å². The van der Waals surface area contributed by atoms with Crippen LogP contribution in [0.1, 0.15) is 24.1 Å². The van der Waals surface area contributed by atoms with Crippen LogP contribution in [0.3, 0.4) is 0 Å². The molecule has 2 rings (SSSR count). The summed E-state index contributed by atoms with van der Waals surface area (Å²) < 4.78 is 40.3. The minimum Gasteiger partial charge on any atom is -0.368 e. The van der Waals surface area contributed by atoms with Crippen LogP contribution in [0.2, 0.25) is 0 Å². The molecule has 0 fully saturated rings. The number of halogens is 1. The lowest BCUT2D eigenvalue weighted by Crippen LogP contribution is -2.27. The predicted molar refractivity (Wildman–Crippen MR) is 76.3 cm³/mol. The molecule has 0 saturated carbocycles. The Kier molecular flexibility index (Phi) is 4.19. The number of nitrogens with two attached hydrogens (primary N) is 1. The summed E-state index contributed by atoms with van der Waals surface area (Å²) in [5.74, 6) is -0.392. The van der Waals surface area contributed by atoms with Gasteiger partial charge in [-0.3, -0.25) is 0 Å². The molecule has 0 aliphatic heterocycles. The lowest BCUT2D eigenvalue weighted by Gasteiger charge is -2.15. The van der Waals surface area contributed by atoms with Crippen LogP contribution in [0.25, 0.3) is 0 Å². The Morgan fingerprint density at radius 3 is 2.48 bits per heavy atom. The van der Waals surface area contributed by atoms with E-state index in [4.69, 9.17) is 5.73 Å². The van der Waals surface area contributed by atoms with Gasteiger partial charge in [0.2, 0.25) is 16.0 Å². The van der Waals surface area contributed by atoms with Gasteiger partial charge in [0.05, 0.1) is 12.4 Å². The monoisotopic (exact) mass is 310 g/mol. The highest BCUT2D eigenvalue weighted by Crippen LogP contribution is 2.18. The summed E-state index contributed by atoms with van der Waals surface area (Å²) in [6, 6.07) is 3.98. The number of rotatable bonds is 4. The molecule has 1 atom stereocenters.